The summed E-state index contributed by atoms with van der Waals surface area (Å²) in [5.41, 5.74) is 1.97. The number of aromatic nitrogens is 1. The molecule has 1 amide bonds. The van der Waals surface area contributed by atoms with Gasteiger partial charge in [0.1, 0.15) is 5.25 Å². The minimum absolute atomic E-state index is 0.0583. The topological polar surface area (TPSA) is 79.4 Å². The average Bonchev–Trinajstić information content (AvgIpc) is 2.75. The van der Waals surface area contributed by atoms with E-state index in [0.29, 0.717) is 11.1 Å². The van der Waals surface area contributed by atoms with Gasteiger partial charge in [0.15, 0.2) is 9.84 Å². The third kappa shape index (κ3) is 4.81. The van der Waals surface area contributed by atoms with Crippen molar-refractivity contribution in [2.24, 2.45) is 0 Å². The van der Waals surface area contributed by atoms with Gasteiger partial charge in [0.05, 0.1) is 4.90 Å². The van der Waals surface area contributed by atoms with Crippen LogP contribution in [0.15, 0.2) is 84.0 Å². The van der Waals surface area contributed by atoms with Crippen molar-refractivity contribution in [1.29, 1.82) is 0 Å². The molecule has 1 aromatic heterocycles. The van der Waals surface area contributed by atoms with Crippen LogP contribution in [-0.4, -0.2) is 39.9 Å². The summed E-state index contributed by atoms with van der Waals surface area (Å²) in [5, 5.41) is 1.82. The summed E-state index contributed by atoms with van der Waals surface area (Å²) < 4.78 is 26.4. The number of anilines is 1. The molecule has 1 heterocycles. The Morgan fingerprint density at radius 1 is 1.00 bits per heavy atom. The quantitative estimate of drug-likeness (QED) is 0.649. The lowest BCUT2D eigenvalue weighted by atomic mass is 10.1. The van der Waals surface area contributed by atoms with Crippen molar-refractivity contribution in [2.45, 2.75) is 10.1 Å². The number of sulfone groups is 1. The van der Waals surface area contributed by atoms with Gasteiger partial charge in [-0.15, -0.1) is 0 Å². The van der Waals surface area contributed by atoms with E-state index in [-0.39, 0.29) is 17.3 Å². The van der Waals surface area contributed by atoms with Crippen LogP contribution in [-0.2, 0) is 9.84 Å². The van der Waals surface area contributed by atoms with Crippen LogP contribution in [0.2, 0.25) is 0 Å². The molecule has 3 rings (SSSR count). The van der Waals surface area contributed by atoms with Crippen molar-refractivity contribution in [3.63, 3.8) is 0 Å². The zero-order valence-electron chi connectivity index (χ0n) is 16.3. The highest BCUT2D eigenvalue weighted by atomic mass is 32.2. The first kappa shape index (κ1) is 20.5. The number of nitrogens with one attached hydrogen (secondary N) is 1. The van der Waals surface area contributed by atoms with Gasteiger partial charge in [-0.1, -0.05) is 24.3 Å². The first-order valence-electron chi connectivity index (χ1n) is 9.14. The molecule has 0 saturated carbocycles. The second-order valence-corrected chi connectivity index (χ2v) is 8.91. The van der Waals surface area contributed by atoms with E-state index >= 15 is 0 Å². The normalized spacial score (nSPS) is 12.2. The zero-order valence-corrected chi connectivity index (χ0v) is 17.1. The first-order chi connectivity index (χ1) is 13.9. The van der Waals surface area contributed by atoms with Crippen LogP contribution in [0.4, 0.5) is 5.69 Å². The van der Waals surface area contributed by atoms with Gasteiger partial charge in [0, 0.05) is 44.3 Å². The van der Waals surface area contributed by atoms with E-state index in [1.807, 2.05) is 31.1 Å². The van der Waals surface area contributed by atoms with Gasteiger partial charge in [0.2, 0.25) is 0 Å². The molecular weight excluding hydrogens is 386 g/mol. The van der Waals surface area contributed by atoms with E-state index < -0.39 is 15.1 Å². The van der Waals surface area contributed by atoms with Crippen molar-refractivity contribution in [3.8, 4) is 0 Å². The summed E-state index contributed by atoms with van der Waals surface area (Å²) in [6.07, 6.45) is 3.10. The van der Waals surface area contributed by atoms with E-state index in [4.69, 9.17) is 0 Å². The molecule has 3 aromatic rings. The third-order valence-corrected chi connectivity index (χ3v) is 6.71. The maximum atomic E-state index is 13.2. The van der Waals surface area contributed by atoms with Crippen molar-refractivity contribution in [1.82, 2.24) is 10.3 Å². The molecule has 0 fully saturated rings. The molecule has 1 atom stereocenters. The number of nitrogens with zero attached hydrogens (tertiary/aromatic N) is 2. The highest BCUT2D eigenvalue weighted by molar-refractivity contribution is 7.91. The number of benzene rings is 2. The monoisotopic (exact) mass is 409 g/mol. The number of carbonyl (C=O) groups is 1. The summed E-state index contributed by atoms with van der Waals surface area (Å²) >= 11 is 0. The lowest BCUT2D eigenvalue weighted by molar-refractivity contribution is 0.0953. The van der Waals surface area contributed by atoms with Crippen LogP contribution in [0.3, 0.4) is 0 Å². The molecule has 7 heteroatoms. The van der Waals surface area contributed by atoms with Crippen molar-refractivity contribution >= 4 is 21.4 Å². The Labute approximate surface area is 171 Å². The number of hydrogen-bond acceptors (Lipinski definition) is 5. The molecule has 29 heavy (non-hydrogen) atoms. The summed E-state index contributed by atoms with van der Waals surface area (Å²) in [6.45, 7) is -0.0583. The van der Waals surface area contributed by atoms with Crippen LogP contribution < -0.4 is 10.2 Å². The molecule has 1 N–H and O–H groups in total. The van der Waals surface area contributed by atoms with Gasteiger partial charge in [-0.05, 0) is 48.0 Å². The predicted molar refractivity (Wildman–Crippen MR) is 114 cm³/mol. The van der Waals surface area contributed by atoms with Crippen LogP contribution in [0.1, 0.15) is 21.2 Å². The molecule has 0 aliphatic carbocycles. The lowest BCUT2D eigenvalue weighted by Gasteiger charge is -2.19. The molecule has 0 radical (unpaired) electrons. The van der Waals surface area contributed by atoms with E-state index in [0.717, 1.165) is 5.69 Å². The van der Waals surface area contributed by atoms with Crippen LogP contribution in [0.25, 0.3) is 0 Å². The second-order valence-electron chi connectivity index (χ2n) is 6.78. The van der Waals surface area contributed by atoms with Crippen molar-refractivity contribution < 1.29 is 13.2 Å². The number of pyridine rings is 1. The molecule has 0 aliphatic rings. The molecule has 0 aliphatic heterocycles. The van der Waals surface area contributed by atoms with Crippen LogP contribution in [0, 0.1) is 0 Å². The maximum absolute atomic E-state index is 13.2. The highest BCUT2D eigenvalue weighted by Gasteiger charge is 2.29. The van der Waals surface area contributed by atoms with Crippen LogP contribution >= 0.6 is 0 Å². The fourth-order valence-electron chi connectivity index (χ4n) is 2.95. The number of hydrogen-bond donors (Lipinski definition) is 1. The maximum Gasteiger partial charge on any atom is 0.251 e. The minimum Gasteiger partial charge on any atom is -0.378 e. The molecule has 6 nitrogen and oxygen atoms in total. The van der Waals surface area contributed by atoms with E-state index in [9.17, 15) is 13.2 Å². The van der Waals surface area contributed by atoms with E-state index in [1.165, 1.54) is 6.20 Å². The molecule has 2 aromatic carbocycles. The summed E-state index contributed by atoms with van der Waals surface area (Å²) in [4.78, 5) is 18.8. The van der Waals surface area contributed by atoms with Gasteiger partial charge in [-0.3, -0.25) is 9.78 Å². The SMILES string of the molecule is CN(C)c1ccc(C(=O)NCC(c2cccnc2)S(=O)(=O)c2ccccc2)cc1. The van der Waals surface area contributed by atoms with Crippen molar-refractivity contribution in [3.05, 3.63) is 90.3 Å². The van der Waals surface area contributed by atoms with Gasteiger partial charge >= 0.3 is 0 Å². The van der Waals surface area contributed by atoms with Crippen LogP contribution in [0.5, 0.6) is 0 Å². The molecule has 0 spiro atoms. The number of rotatable bonds is 7. The van der Waals surface area contributed by atoms with E-state index in [2.05, 4.69) is 10.3 Å². The first-order valence-corrected chi connectivity index (χ1v) is 10.7. The Morgan fingerprint density at radius 2 is 1.69 bits per heavy atom. The Balaban J connectivity index is 1.84. The molecule has 1 unspecified atom stereocenters. The smallest absolute Gasteiger partial charge is 0.251 e. The average molecular weight is 410 g/mol. The Bertz CT molecular complexity index is 1050. The number of carbonyl (C=O) groups excluding carboxylic acids is 1. The van der Waals surface area contributed by atoms with Gasteiger partial charge in [-0.2, -0.15) is 0 Å². The summed E-state index contributed by atoms with van der Waals surface area (Å²) in [5.74, 6) is -0.326. The molecule has 0 bridgehead atoms. The molecule has 150 valence electrons. The van der Waals surface area contributed by atoms with Gasteiger partial charge in [-0.25, -0.2) is 8.42 Å². The molecule has 0 saturated heterocycles. The molecular formula is C22H23N3O3S. The zero-order chi connectivity index (χ0) is 20.9. The summed E-state index contributed by atoms with van der Waals surface area (Å²) in [7, 11) is 0.126. The van der Waals surface area contributed by atoms with E-state index in [1.54, 1.807) is 60.8 Å². The van der Waals surface area contributed by atoms with Crippen molar-refractivity contribution in [2.75, 3.05) is 25.5 Å². The second kappa shape index (κ2) is 8.87. The fraction of sp³-hybridized carbons (Fsp3) is 0.182. The van der Waals surface area contributed by atoms with Gasteiger partial charge < -0.3 is 10.2 Å². The highest BCUT2D eigenvalue weighted by Crippen LogP contribution is 2.28. The Hall–Kier alpha value is -3.19. The fourth-order valence-corrected chi connectivity index (χ4v) is 4.61. The van der Waals surface area contributed by atoms with Gasteiger partial charge in [0.25, 0.3) is 5.91 Å². The predicted octanol–water partition coefficient (Wildman–Crippen LogP) is 3.09. The Morgan fingerprint density at radius 3 is 2.28 bits per heavy atom. The minimum atomic E-state index is -3.71. The largest absolute Gasteiger partial charge is 0.378 e. The Kier molecular flexibility index (Phi) is 6.29. The summed E-state index contributed by atoms with van der Waals surface area (Å²) in [6, 6.07) is 18.7. The third-order valence-electron chi connectivity index (χ3n) is 4.60. The number of amides is 1. The standard InChI is InChI=1S/C22H23N3O3S/c1-25(2)19-12-10-17(11-13-19)22(26)24-16-21(18-7-6-14-23-15-18)29(27,28)20-8-4-3-5-9-20/h3-15,21H,16H2,1-2H3,(H,24,26). The lowest BCUT2D eigenvalue weighted by Crippen LogP contribution is -2.32.